The average Bonchev–Trinajstić information content (AvgIpc) is 3.38. The van der Waals surface area contributed by atoms with Crippen LogP contribution in [0.3, 0.4) is 0 Å². The summed E-state index contributed by atoms with van der Waals surface area (Å²) in [7, 11) is -4.18. The number of rotatable bonds is 7. The number of nitrogens with zero attached hydrogens (tertiary/aromatic N) is 5. The number of aromatic nitrogens is 4. The van der Waals surface area contributed by atoms with Gasteiger partial charge in [-0.25, -0.2) is 17.9 Å². The summed E-state index contributed by atoms with van der Waals surface area (Å²) in [5.41, 5.74) is 2.60. The van der Waals surface area contributed by atoms with E-state index in [0.29, 0.717) is 34.4 Å². The van der Waals surface area contributed by atoms with Gasteiger partial charge in [0.1, 0.15) is 6.33 Å². The molecule has 0 saturated heterocycles. The molecule has 0 bridgehead atoms. The summed E-state index contributed by atoms with van der Waals surface area (Å²) >= 11 is 0. The molecule has 0 aliphatic heterocycles. The molecule has 34 heavy (non-hydrogen) atoms. The smallest absolute Gasteiger partial charge is 0.335 e. The SMILES string of the molecule is CCc1ccc(C(=O)O)cc1S(=O)(=O)Nc1cc(-n2cnnn2)ccc1-c1cccc(C#N)c1. The summed E-state index contributed by atoms with van der Waals surface area (Å²) in [6.45, 7) is 1.78. The maximum absolute atomic E-state index is 13.5. The highest BCUT2D eigenvalue weighted by molar-refractivity contribution is 7.92. The van der Waals surface area contributed by atoms with Crippen molar-refractivity contribution in [3.63, 3.8) is 0 Å². The molecular formula is C23H18N6O4S. The van der Waals surface area contributed by atoms with E-state index in [1.165, 1.54) is 23.1 Å². The van der Waals surface area contributed by atoms with Gasteiger partial charge >= 0.3 is 5.97 Å². The monoisotopic (exact) mass is 474 g/mol. The maximum Gasteiger partial charge on any atom is 0.335 e. The third kappa shape index (κ3) is 4.48. The zero-order valence-electron chi connectivity index (χ0n) is 17.9. The summed E-state index contributed by atoms with van der Waals surface area (Å²) in [5.74, 6) is -1.23. The van der Waals surface area contributed by atoms with Crippen molar-refractivity contribution in [2.75, 3.05) is 4.72 Å². The van der Waals surface area contributed by atoms with Crippen LogP contribution in [-0.4, -0.2) is 39.7 Å². The molecule has 0 atom stereocenters. The third-order valence-corrected chi connectivity index (χ3v) is 6.60. The zero-order valence-corrected chi connectivity index (χ0v) is 18.7. The number of aromatic carboxylic acids is 1. The van der Waals surface area contributed by atoms with Crippen LogP contribution in [0.1, 0.15) is 28.4 Å². The highest BCUT2D eigenvalue weighted by Gasteiger charge is 2.22. The minimum atomic E-state index is -4.18. The van der Waals surface area contributed by atoms with E-state index in [4.69, 9.17) is 0 Å². The number of nitriles is 1. The molecule has 4 aromatic rings. The molecule has 10 nitrogen and oxygen atoms in total. The number of tetrazole rings is 1. The zero-order chi connectivity index (χ0) is 24.3. The van der Waals surface area contributed by atoms with Crippen LogP contribution in [0.2, 0.25) is 0 Å². The van der Waals surface area contributed by atoms with Gasteiger partial charge in [0.25, 0.3) is 10.0 Å². The molecule has 0 fully saturated rings. The van der Waals surface area contributed by atoms with Gasteiger partial charge in [-0.05, 0) is 64.4 Å². The molecule has 0 aliphatic rings. The summed E-state index contributed by atoms with van der Waals surface area (Å²) in [4.78, 5) is 11.3. The Hall–Kier alpha value is -4.56. The highest BCUT2D eigenvalue weighted by atomic mass is 32.2. The van der Waals surface area contributed by atoms with Crippen molar-refractivity contribution in [1.82, 2.24) is 20.2 Å². The molecule has 0 aliphatic carbocycles. The summed E-state index contributed by atoms with van der Waals surface area (Å²) in [6, 6.07) is 17.8. The van der Waals surface area contributed by atoms with Gasteiger partial charge in [-0.1, -0.05) is 31.2 Å². The number of carboxylic acid groups (broad SMARTS) is 1. The van der Waals surface area contributed by atoms with Crippen LogP contribution in [-0.2, 0) is 16.4 Å². The second kappa shape index (κ2) is 9.13. The van der Waals surface area contributed by atoms with Gasteiger partial charge in [-0.15, -0.1) is 5.10 Å². The third-order valence-electron chi connectivity index (χ3n) is 5.15. The number of benzene rings is 3. The molecule has 0 radical (unpaired) electrons. The molecule has 0 spiro atoms. The number of carboxylic acids is 1. The van der Waals surface area contributed by atoms with Gasteiger partial charge in [0.15, 0.2) is 0 Å². The molecule has 1 heterocycles. The lowest BCUT2D eigenvalue weighted by Crippen LogP contribution is -2.17. The van der Waals surface area contributed by atoms with Gasteiger partial charge < -0.3 is 5.11 Å². The molecule has 3 aromatic carbocycles. The first-order chi connectivity index (χ1) is 16.3. The predicted octanol–water partition coefficient (Wildman–Crippen LogP) is 3.26. The van der Waals surface area contributed by atoms with Crippen molar-refractivity contribution in [2.45, 2.75) is 18.2 Å². The predicted molar refractivity (Wildman–Crippen MR) is 123 cm³/mol. The Morgan fingerprint density at radius 2 is 1.97 bits per heavy atom. The first-order valence-corrected chi connectivity index (χ1v) is 11.6. The van der Waals surface area contributed by atoms with Crippen LogP contribution in [0.4, 0.5) is 5.69 Å². The molecule has 170 valence electrons. The van der Waals surface area contributed by atoms with Crippen molar-refractivity contribution in [1.29, 1.82) is 5.26 Å². The Kier molecular flexibility index (Phi) is 6.07. The quantitative estimate of drug-likeness (QED) is 0.414. The van der Waals surface area contributed by atoms with Crippen LogP contribution in [0.15, 0.2) is 71.9 Å². The molecule has 2 N–H and O–H groups in total. The van der Waals surface area contributed by atoms with Gasteiger partial charge in [0.05, 0.1) is 33.5 Å². The van der Waals surface area contributed by atoms with E-state index in [2.05, 4.69) is 26.3 Å². The number of carbonyl (C=O) groups is 1. The van der Waals surface area contributed by atoms with E-state index < -0.39 is 16.0 Å². The fraction of sp³-hybridized carbons (Fsp3) is 0.0870. The van der Waals surface area contributed by atoms with Crippen LogP contribution < -0.4 is 4.72 Å². The largest absolute Gasteiger partial charge is 0.478 e. The lowest BCUT2D eigenvalue weighted by Gasteiger charge is -2.16. The fourth-order valence-electron chi connectivity index (χ4n) is 3.48. The van der Waals surface area contributed by atoms with E-state index in [0.717, 1.165) is 6.07 Å². The molecule has 0 amide bonds. The van der Waals surface area contributed by atoms with Gasteiger partial charge in [0.2, 0.25) is 0 Å². The second-order valence-electron chi connectivity index (χ2n) is 7.26. The van der Waals surface area contributed by atoms with Gasteiger partial charge in [0, 0.05) is 5.56 Å². The maximum atomic E-state index is 13.5. The molecule has 0 saturated carbocycles. The van der Waals surface area contributed by atoms with E-state index in [1.807, 2.05) is 0 Å². The van der Waals surface area contributed by atoms with Crippen molar-refractivity contribution >= 4 is 21.7 Å². The number of sulfonamides is 1. The highest BCUT2D eigenvalue weighted by Crippen LogP contribution is 2.33. The minimum absolute atomic E-state index is 0.126. The molecule has 11 heteroatoms. The molecule has 0 unspecified atom stereocenters. The second-order valence-corrected chi connectivity index (χ2v) is 8.91. The summed E-state index contributed by atoms with van der Waals surface area (Å²) in [5, 5.41) is 29.7. The molecular weight excluding hydrogens is 456 g/mol. The van der Waals surface area contributed by atoms with Crippen molar-refractivity contribution in [3.8, 4) is 22.9 Å². The van der Waals surface area contributed by atoms with E-state index in [-0.39, 0.29) is 16.1 Å². The van der Waals surface area contributed by atoms with Crippen LogP contribution >= 0.6 is 0 Å². The number of nitrogens with one attached hydrogen (secondary N) is 1. The summed E-state index contributed by atoms with van der Waals surface area (Å²) < 4.78 is 30.9. The lowest BCUT2D eigenvalue weighted by molar-refractivity contribution is 0.0696. The normalized spacial score (nSPS) is 11.1. The number of aryl methyl sites for hydroxylation is 1. The van der Waals surface area contributed by atoms with E-state index in [9.17, 15) is 23.6 Å². The van der Waals surface area contributed by atoms with Crippen LogP contribution in [0.5, 0.6) is 0 Å². The van der Waals surface area contributed by atoms with Crippen molar-refractivity contribution < 1.29 is 18.3 Å². The Morgan fingerprint density at radius 3 is 2.65 bits per heavy atom. The number of hydrogen-bond acceptors (Lipinski definition) is 7. The summed E-state index contributed by atoms with van der Waals surface area (Å²) in [6.07, 6.45) is 1.76. The van der Waals surface area contributed by atoms with Gasteiger partial charge in [-0.2, -0.15) is 5.26 Å². The van der Waals surface area contributed by atoms with Gasteiger partial charge in [-0.3, -0.25) is 4.72 Å². The fourth-order valence-corrected chi connectivity index (χ4v) is 4.88. The van der Waals surface area contributed by atoms with Crippen LogP contribution in [0, 0.1) is 11.3 Å². The Labute approximate surface area is 195 Å². The van der Waals surface area contributed by atoms with Crippen molar-refractivity contribution in [3.05, 3.63) is 83.7 Å². The first kappa shape index (κ1) is 22.6. The Morgan fingerprint density at radius 1 is 1.15 bits per heavy atom. The molecule has 4 rings (SSSR count). The topological polar surface area (TPSA) is 151 Å². The Bertz CT molecular complexity index is 1530. The number of hydrogen-bond donors (Lipinski definition) is 2. The standard InChI is InChI=1S/C23H18N6O4S/c1-2-16-6-7-18(23(30)31)11-22(16)34(32,33)26-21-12-19(29-14-25-27-28-29)8-9-20(21)17-5-3-4-15(10-17)13-24/h3-12,14,26H,2H2,1H3,(H,30,31). The van der Waals surface area contributed by atoms with E-state index >= 15 is 0 Å². The van der Waals surface area contributed by atoms with Crippen LogP contribution in [0.25, 0.3) is 16.8 Å². The van der Waals surface area contributed by atoms with Crippen molar-refractivity contribution in [2.24, 2.45) is 0 Å². The first-order valence-electron chi connectivity index (χ1n) is 10.1. The average molecular weight is 475 g/mol. The lowest BCUT2D eigenvalue weighted by atomic mass is 10.0. The minimum Gasteiger partial charge on any atom is -0.478 e. The molecule has 1 aromatic heterocycles. The van der Waals surface area contributed by atoms with E-state index in [1.54, 1.807) is 49.4 Å². The number of anilines is 1. The Balaban J connectivity index is 1.87.